The largest absolute Gasteiger partial charge is 0.385 e. The molecule has 0 atom stereocenters. The third-order valence-electron chi connectivity index (χ3n) is 1.92. The Balaban J connectivity index is 0.00000112. The molecule has 7 heteroatoms. The number of nitrogens with two attached hydrogens (primary N) is 1. The summed E-state index contributed by atoms with van der Waals surface area (Å²) in [5, 5.41) is 6.93. The van der Waals surface area contributed by atoms with Crippen LogP contribution < -0.4 is 11.1 Å². The van der Waals surface area contributed by atoms with Gasteiger partial charge in [0.05, 0.1) is 18.1 Å². The standard InChI is InChI=1S/C8H9N5O.ClH/c1-10-5-2-3-12-13-6(7(9)14)4-11-8(5)13;/h2-4,10H,1H3,(H2,9,14);1H. The molecule has 0 radical (unpaired) electrons. The van der Waals surface area contributed by atoms with Gasteiger partial charge in [0.25, 0.3) is 5.91 Å². The molecule has 0 aliphatic heterocycles. The second kappa shape index (κ2) is 4.14. The molecule has 0 spiro atoms. The van der Waals surface area contributed by atoms with Crippen LogP contribution >= 0.6 is 12.4 Å². The van der Waals surface area contributed by atoms with Crippen molar-refractivity contribution < 1.29 is 4.79 Å². The minimum atomic E-state index is -0.543. The Bertz CT molecular complexity index is 495. The lowest BCUT2D eigenvalue weighted by molar-refractivity contribution is 0.0993. The lowest BCUT2D eigenvalue weighted by atomic mass is 10.4. The first-order chi connectivity index (χ1) is 6.74. The summed E-state index contributed by atoms with van der Waals surface area (Å²) in [7, 11) is 1.77. The molecule has 0 aromatic carbocycles. The number of primary amides is 1. The van der Waals surface area contributed by atoms with Crippen LogP contribution in [0.3, 0.4) is 0 Å². The second-order valence-corrected chi connectivity index (χ2v) is 2.74. The molecule has 0 aliphatic carbocycles. The van der Waals surface area contributed by atoms with Crippen LogP contribution in [0.1, 0.15) is 10.5 Å². The van der Waals surface area contributed by atoms with Crippen LogP contribution in [0.4, 0.5) is 5.69 Å². The fourth-order valence-corrected chi connectivity index (χ4v) is 1.26. The van der Waals surface area contributed by atoms with Crippen molar-refractivity contribution in [1.29, 1.82) is 0 Å². The Morgan fingerprint density at radius 3 is 2.93 bits per heavy atom. The van der Waals surface area contributed by atoms with E-state index in [4.69, 9.17) is 5.73 Å². The lowest BCUT2D eigenvalue weighted by Gasteiger charge is -2.01. The van der Waals surface area contributed by atoms with Gasteiger partial charge < -0.3 is 11.1 Å². The van der Waals surface area contributed by atoms with E-state index in [2.05, 4.69) is 15.4 Å². The molecule has 0 saturated carbocycles. The highest BCUT2D eigenvalue weighted by molar-refractivity contribution is 5.92. The van der Waals surface area contributed by atoms with Gasteiger partial charge in [-0.25, -0.2) is 9.50 Å². The van der Waals surface area contributed by atoms with Crippen molar-refractivity contribution in [3.8, 4) is 0 Å². The van der Waals surface area contributed by atoms with E-state index in [1.807, 2.05) is 0 Å². The molecule has 2 aromatic rings. The maximum atomic E-state index is 11.0. The monoisotopic (exact) mass is 227 g/mol. The summed E-state index contributed by atoms with van der Waals surface area (Å²) in [6.07, 6.45) is 2.98. The molecule has 1 amide bonds. The van der Waals surface area contributed by atoms with E-state index in [0.717, 1.165) is 5.69 Å². The Morgan fingerprint density at radius 1 is 1.60 bits per heavy atom. The number of imidazole rings is 1. The highest BCUT2D eigenvalue weighted by Crippen LogP contribution is 2.13. The molecule has 0 aliphatic rings. The number of carbonyl (C=O) groups is 1. The molecule has 0 bridgehead atoms. The average Bonchev–Trinajstić information content (AvgIpc) is 2.60. The van der Waals surface area contributed by atoms with Crippen LogP contribution in [0.25, 0.3) is 5.65 Å². The number of hydrogen-bond donors (Lipinski definition) is 2. The summed E-state index contributed by atoms with van der Waals surface area (Å²) in [4.78, 5) is 15.0. The smallest absolute Gasteiger partial charge is 0.269 e. The van der Waals surface area contributed by atoms with Crippen molar-refractivity contribution in [2.24, 2.45) is 5.73 Å². The Hall–Kier alpha value is -1.82. The van der Waals surface area contributed by atoms with Gasteiger partial charge in [-0.15, -0.1) is 12.4 Å². The number of anilines is 1. The number of hydrogen-bond acceptors (Lipinski definition) is 4. The number of rotatable bonds is 2. The lowest BCUT2D eigenvalue weighted by Crippen LogP contribution is -2.14. The third-order valence-corrected chi connectivity index (χ3v) is 1.92. The molecule has 2 aromatic heterocycles. The normalized spacial score (nSPS) is 9.67. The molecule has 0 saturated heterocycles. The molecule has 0 unspecified atom stereocenters. The number of halogens is 1. The summed E-state index contributed by atoms with van der Waals surface area (Å²) in [5.74, 6) is -0.543. The molecular formula is C8H10ClN5O. The van der Waals surface area contributed by atoms with Gasteiger partial charge in [0.2, 0.25) is 0 Å². The van der Waals surface area contributed by atoms with Gasteiger partial charge in [0, 0.05) is 7.05 Å². The number of fused-ring (bicyclic) bond motifs is 1. The van der Waals surface area contributed by atoms with E-state index >= 15 is 0 Å². The summed E-state index contributed by atoms with van der Waals surface area (Å²) in [6.45, 7) is 0. The molecule has 80 valence electrons. The molecular weight excluding hydrogens is 218 g/mol. The first-order valence-corrected chi connectivity index (χ1v) is 4.04. The summed E-state index contributed by atoms with van der Waals surface area (Å²) < 4.78 is 1.41. The summed E-state index contributed by atoms with van der Waals surface area (Å²) >= 11 is 0. The number of aromatic nitrogens is 3. The van der Waals surface area contributed by atoms with Crippen molar-refractivity contribution in [3.05, 3.63) is 24.2 Å². The van der Waals surface area contributed by atoms with E-state index in [-0.39, 0.29) is 18.1 Å². The quantitative estimate of drug-likeness (QED) is 0.772. The van der Waals surface area contributed by atoms with Gasteiger partial charge in [-0.1, -0.05) is 0 Å². The second-order valence-electron chi connectivity index (χ2n) is 2.74. The molecule has 15 heavy (non-hydrogen) atoms. The maximum Gasteiger partial charge on any atom is 0.269 e. The first kappa shape index (κ1) is 11.3. The van der Waals surface area contributed by atoms with E-state index in [1.54, 1.807) is 19.3 Å². The van der Waals surface area contributed by atoms with Gasteiger partial charge in [-0.3, -0.25) is 4.79 Å². The van der Waals surface area contributed by atoms with Gasteiger partial charge in [0.15, 0.2) is 5.65 Å². The highest BCUT2D eigenvalue weighted by atomic mass is 35.5. The van der Waals surface area contributed by atoms with Crippen LogP contribution in [-0.2, 0) is 0 Å². The molecule has 3 N–H and O–H groups in total. The van der Waals surface area contributed by atoms with Gasteiger partial charge >= 0.3 is 0 Å². The van der Waals surface area contributed by atoms with Crippen molar-refractivity contribution in [2.75, 3.05) is 12.4 Å². The van der Waals surface area contributed by atoms with Crippen LogP contribution in [-0.4, -0.2) is 27.6 Å². The van der Waals surface area contributed by atoms with Crippen LogP contribution in [0.15, 0.2) is 18.5 Å². The average molecular weight is 228 g/mol. The number of nitrogens with zero attached hydrogens (tertiary/aromatic N) is 3. The highest BCUT2D eigenvalue weighted by Gasteiger charge is 2.11. The van der Waals surface area contributed by atoms with Crippen molar-refractivity contribution >= 4 is 29.6 Å². The SMILES string of the molecule is CNc1ccnn2c(C(N)=O)cnc12.Cl. The summed E-state index contributed by atoms with van der Waals surface area (Å²) in [5.41, 5.74) is 6.82. The first-order valence-electron chi connectivity index (χ1n) is 4.04. The minimum absolute atomic E-state index is 0. The van der Waals surface area contributed by atoms with Crippen molar-refractivity contribution in [3.63, 3.8) is 0 Å². The topological polar surface area (TPSA) is 85.3 Å². The zero-order chi connectivity index (χ0) is 10.1. The molecule has 0 fully saturated rings. The van der Waals surface area contributed by atoms with E-state index < -0.39 is 5.91 Å². The van der Waals surface area contributed by atoms with Gasteiger partial charge in [0.1, 0.15) is 5.69 Å². The van der Waals surface area contributed by atoms with Crippen molar-refractivity contribution in [1.82, 2.24) is 14.6 Å². The predicted octanol–water partition coefficient (Wildman–Crippen LogP) is 0.292. The van der Waals surface area contributed by atoms with Gasteiger partial charge in [-0.2, -0.15) is 5.10 Å². The van der Waals surface area contributed by atoms with Gasteiger partial charge in [-0.05, 0) is 6.07 Å². The number of nitrogens with one attached hydrogen (secondary N) is 1. The third kappa shape index (κ3) is 1.71. The zero-order valence-electron chi connectivity index (χ0n) is 7.97. The number of carbonyl (C=O) groups excluding carboxylic acids is 1. The minimum Gasteiger partial charge on any atom is -0.385 e. The van der Waals surface area contributed by atoms with E-state index in [1.165, 1.54) is 10.7 Å². The van der Waals surface area contributed by atoms with Crippen LogP contribution in [0.2, 0.25) is 0 Å². The summed E-state index contributed by atoms with van der Waals surface area (Å²) in [6, 6.07) is 1.77. The fraction of sp³-hybridized carbons (Fsp3) is 0.125. The van der Waals surface area contributed by atoms with Crippen LogP contribution in [0, 0.1) is 0 Å². The molecule has 2 heterocycles. The van der Waals surface area contributed by atoms with Crippen LogP contribution in [0.5, 0.6) is 0 Å². The van der Waals surface area contributed by atoms with Crippen molar-refractivity contribution in [2.45, 2.75) is 0 Å². The Morgan fingerprint density at radius 2 is 2.33 bits per heavy atom. The Labute approximate surface area is 91.9 Å². The number of amides is 1. The predicted molar refractivity (Wildman–Crippen MR) is 58.3 cm³/mol. The fourth-order valence-electron chi connectivity index (χ4n) is 1.26. The van der Waals surface area contributed by atoms with E-state index in [9.17, 15) is 4.79 Å². The maximum absolute atomic E-state index is 11.0. The zero-order valence-corrected chi connectivity index (χ0v) is 8.78. The van der Waals surface area contributed by atoms with E-state index in [0.29, 0.717) is 5.65 Å². The molecule has 2 rings (SSSR count). The Kier molecular flexibility index (Phi) is 3.11. The molecule has 6 nitrogen and oxygen atoms in total.